The van der Waals surface area contributed by atoms with E-state index in [1.165, 1.54) is 0 Å². The zero-order chi connectivity index (χ0) is 17.0. The molecule has 0 saturated carbocycles. The van der Waals surface area contributed by atoms with Gasteiger partial charge in [0.1, 0.15) is 5.75 Å². The molecule has 0 unspecified atom stereocenters. The summed E-state index contributed by atoms with van der Waals surface area (Å²) in [6.45, 7) is 7.86. The molecule has 0 heterocycles. The van der Waals surface area contributed by atoms with Crippen LogP contribution in [0.4, 0.5) is 0 Å². The van der Waals surface area contributed by atoms with Crippen molar-refractivity contribution in [1.29, 1.82) is 0 Å². The van der Waals surface area contributed by atoms with Gasteiger partial charge in [-0.25, -0.2) is 13.1 Å². The first-order valence-corrected chi connectivity index (χ1v) is 9.09. The van der Waals surface area contributed by atoms with Gasteiger partial charge in [0.2, 0.25) is 10.0 Å². The molecule has 0 aromatic heterocycles. The predicted molar refractivity (Wildman–Crippen MR) is 92.1 cm³/mol. The summed E-state index contributed by atoms with van der Waals surface area (Å²) < 4.78 is 33.1. The van der Waals surface area contributed by atoms with Gasteiger partial charge in [0.25, 0.3) is 0 Å². The van der Waals surface area contributed by atoms with Gasteiger partial charge in [-0.15, -0.1) is 0 Å². The van der Waals surface area contributed by atoms with Crippen LogP contribution in [0.3, 0.4) is 0 Å². The maximum absolute atomic E-state index is 12.5. The second-order valence-electron chi connectivity index (χ2n) is 5.90. The average Bonchev–Trinajstić information content (AvgIpc) is 2.48. The van der Waals surface area contributed by atoms with Gasteiger partial charge in [0.15, 0.2) is 0 Å². The molecule has 23 heavy (non-hydrogen) atoms. The first-order chi connectivity index (χ1) is 10.8. The Bertz CT molecular complexity index is 765. The van der Waals surface area contributed by atoms with Gasteiger partial charge in [-0.05, 0) is 62.6 Å². The van der Waals surface area contributed by atoms with E-state index in [-0.39, 0.29) is 12.6 Å². The minimum atomic E-state index is -3.52. The van der Waals surface area contributed by atoms with Crippen LogP contribution in [0.2, 0.25) is 0 Å². The van der Waals surface area contributed by atoms with E-state index in [1.54, 1.807) is 13.0 Å². The molecule has 0 aliphatic carbocycles. The second-order valence-corrected chi connectivity index (χ2v) is 7.64. The molecule has 0 spiro atoms. The van der Waals surface area contributed by atoms with Crippen molar-refractivity contribution in [1.82, 2.24) is 4.72 Å². The number of aryl methyl sites for hydroxylation is 2. The Balaban J connectivity index is 2.08. The number of sulfonamides is 1. The SMILES string of the molecule is Cc1ccc(C)c(S(=O)(=O)NCc2ccc(OC(C)C)cc2)c1. The van der Waals surface area contributed by atoms with Crippen LogP contribution >= 0.6 is 0 Å². The summed E-state index contributed by atoms with van der Waals surface area (Å²) in [6.07, 6.45) is 0.114. The molecule has 4 nitrogen and oxygen atoms in total. The maximum Gasteiger partial charge on any atom is 0.241 e. The highest BCUT2D eigenvalue weighted by atomic mass is 32.2. The highest BCUT2D eigenvalue weighted by Gasteiger charge is 2.16. The van der Waals surface area contributed by atoms with Crippen LogP contribution in [-0.4, -0.2) is 14.5 Å². The van der Waals surface area contributed by atoms with Crippen LogP contribution in [0, 0.1) is 13.8 Å². The van der Waals surface area contributed by atoms with Gasteiger partial charge in [0.05, 0.1) is 11.0 Å². The predicted octanol–water partition coefficient (Wildman–Crippen LogP) is 3.57. The standard InChI is InChI=1S/C18H23NO3S/c1-13(2)22-17-9-7-16(8-10-17)12-19-23(20,21)18-11-14(3)5-6-15(18)4/h5-11,13,19H,12H2,1-4H3. The molecule has 0 saturated heterocycles. The maximum atomic E-state index is 12.5. The molecule has 0 bridgehead atoms. The molecule has 2 aromatic carbocycles. The fourth-order valence-corrected chi connectivity index (χ4v) is 3.56. The van der Waals surface area contributed by atoms with Crippen molar-refractivity contribution in [2.45, 2.75) is 45.2 Å². The quantitative estimate of drug-likeness (QED) is 0.879. The summed E-state index contributed by atoms with van der Waals surface area (Å²) in [7, 11) is -3.52. The van der Waals surface area contributed by atoms with Crippen molar-refractivity contribution in [2.24, 2.45) is 0 Å². The van der Waals surface area contributed by atoms with E-state index in [1.807, 2.05) is 57.2 Å². The first kappa shape index (κ1) is 17.5. The van der Waals surface area contributed by atoms with Crippen LogP contribution in [0.5, 0.6) is 5.75 Å². The minimum absolute atomic E-state index is 0.114. The summed E-state index contributed by atoms with van der Waals surface area (Å²) >= 11 is 0. The van der Waals surface area contributed by atoms with Gasteiger partial charge < -0.3 is 4.74 Å². The largest absolute Gasteiger partial charge is 0.491 e. The topological polar surface area (TPSA) is 55.4 Å². The number of ether oxygens (including phenoxy) is 1. The second kappa shape index (κ2) is 7.15. The molecule has 0 aliphatic rings. The Morgan fingerprint density at radius 1 is 1.04 bits per heavy atom. The van der Waals surface area contributed by atoms with Gasteiger partial charge in [-0.3, -0.25) is 0 Å². The van der Waals surface area contributed by atoms with Crippen molar-refractivity contribution >= 4 is 10.0 Å². The van der Waals surface area contributed by atoms with E-state index in [9.17, 15) is 8.42 Å². The third-order valence-corrected chi connectivity index (χ3v) is 4.94. The van der Waals surface area contributed by atoms with Gasteiger partial charge in [-0.2, -0.15) is 0 Å². The molecule has 0 amide bonds. The molecule has 0 fully saturated rings. The zero-order valence-corrected chi connectivity index (χ0v) is 14.8. The third kappa shape index (κ3) is 4.81. The number of benzene rings is 2. The number of hydrogen-bond donors (Lipinski definition) is 1. The molecular weight excluding hydrogens is 310 g/mol. The van der Waals surface area contributed by atoms with Crippen LogP contribution in [0.15, 0.2) is 47.4 Å². The number of nitrogens with one attached hydrogen (secondary N) is 1. The lowest BCUT2D eigenvalue weighted by atomic mass is 10.2. The molecule has 2 rings (SSSR count). The normalized spacial score (nSPS) is 11.7. The summed E-state index contributed by atoms with van der Waals surface area (Å²) in [4.78, 5) is 0.331. The van der Waals surface area contributed by atoms with Gasteiger partial charge in [0, 0.05) is 6.54 Å². The number of hydrogen-bond acceptors (Lipinski definition) is 3. The molecule has 0 atom stereocenters. The molecule has 0 aliphatic heterocycles. The van der Waals surface area contributed by atoms with E-state index in [0.29, 0.717) is 4.90 Å². The van der Waals surface area contributed by atoms with E-state index in [4.69, 9.17) is 4.74 Å². The van der Waals surface area contributed by atoms with Crippen LogP contribution in [-0.2, 0) is 16.6 Å². The Morgan fingerprint density at radius 2 is 1.70 bits per heavy atom. The van der Waals surface area contributed by atoms with Crippen LogP contribution in [0.25, 0.3) is 0 Å². The molecular formula is C18H23NO3S. The van der Waals surface area contributed by atoms with Gasteiger partial charge >= 0.3 is 0 Å². The summed E-state index contributed by atoms with van der Waals surface area (Å²) in [5.74, 6) is 0.779. The Morgan fingerprint density at radius 3 is 2.30 bits per heavy atom. The Kier molecular flexibility index (Phi) is 5.44. The van der Waals surface area contributed by atoms with E-state index >= 15 is 0 Å². The summed E-state index contributed by atoms with van der Waals surface area (Å²) in [5, 5.41) is 0. The van der Waals surface area contributed by atoms with E-state index in [2.05, 4.69) is 4.72 Å². The number of rotatable bonds is 6. The lowest BCUT2D eigenvalue weighted by Gasteiger charge is -2.12. The Labute approximate surface area is 138 Å². The van der Waals surface area contributed by atoms with Crippen molar-refractivity contribution < 1.29 is 13.2 Å². The van der Waals surface area contributed by atoms with Gasteiger partial charge in [-0.1, -0.05) is 24.3 Å². The highest BCUT2D eigenvalue weighted by Crippen LogP contribution is 2.18. The van der Waals surface area contributed by atoms with Crippen molar-refractivity contribution in [3.63, 3.8) is 0 Å². The monoisotopic (exact) mass is 333 g/mol. The van der Waals surface area contributed by atoms with Crippen molar-refractivity contribution in [3.05, 3.63) is 59.2 Å². The molecule has 124 valence electrons. The first-order valence-electron chi connectivity index (χ1n) is 7.60. The van der Waals surface area contributed by atoms with Crippen molar-refractivity contribution in [3.8, 4) is 5.75 Å². The molecule has 0 radical (unpaired) electrons. The van der Waals surface area contributed by atoms with E-state index < -0.39 is 10.0 Å². The smallest absolute Gasteiger partial charge is 0.241 e. The summed E-state index contributed by atoms with van der Waals surface area (Å²) in [5.41, 5.74) is 2.55. The molecule has 5 heteroatoms. The fourth-order valence-electron chi connectivity index (χ4n) is 2.21. The summed E-state index contributed by atoms with van der Waals surface area (Å²) in [6, 6.07) is 12.8. The minimum Gasteiger partial charge on any atom is -0.491 e. The van der Waals surface area contributed by atoms with Crippen LogP contribution in [0.1, 0.15) is 30.5 Å². The highest BCUT2D eigenvalue weighted by molar-refractivity contribution is 7.89. The fraction of sp³-hybridized carbons (Fsp3) is 0.333. The Hall–Kier alpha value is -1.85. The lowest BCUT2D eigenvalue weighted by molar-refractivity contribution is 0.242. The van der Waals surface area contributed by atoms with E-state index in [0.717, 1.165) is 22.4 Å². The molecule has 2 aromatic rings. The zero-order valence-electron chi connectivity index (χ0n) is 14.0. The van der Waals surface area contributed by atoms with Crippen molar-refractivity contribution in [2.75, 3.05) is 0 Å². The third-order valence-electron chi connectivity index (χ3n) is 3.39. The molecule has 1 N–H and O–H groups in total. The van der Waals surface area contributed by atoms with Crippen LogP contribution < -0.4 is 9.46 Å². The average molecular weight is 333 g/mol. The lowest BCUT2D eigenvalue weighted by Crippen LogP contribution is -2.24.